The van der Waals surface area contributed by atoms with Crippen molar-refractivity contribution in [1.82, 2.24) is 9.97 Å². The molecule has 0 unspecified atom stereocenters. The largest absolute Gasteiger partial charge is 0.353 e. The van der Waals surface area contributed by atoms with E-state index in [-0.39, 0.29) is 29.0 Å². The van der Waals surface area contributed by atoms with Crippen molar-refractivity contribution >= 4 is 40.0 Å². The van der Waals surface area contributed by atoms with E-state index in [0.717, 1.165) is 45.2 Å². The lowest BCUT2D eigenvalue weighted by atomic mass is 9.74. The van der Waals surface area contributed by atoms with Crippen molar-refractivity contribution in [1.29, 1.82) is 0 Å². The smallest absolute Gasteiger partial charge is 0.165 e. The summed E-state index contributed by atoms with van der Waals surface area (Å²) in [5.74, 6) is 0.226. The van der Waals surface area contributed by atoms with Crippen LogP contribution in [0.3, 0.4) is 0 Å². The SMILES string of the molecule is CC1(C)CC(=O)c2c(nc(C(C)(C)C)c3[nH]c4ccccc4c23)C1.Cl. The second-order valence-corrected chi connectivity index (χ2v) is 8.89. The Morgan fingerprint density at radius 3 is 2.48 bits per heavy atom. The molecule has 1 aromatic carbocycles. The molecule has 0 bridgehead atoms. The van der Waals surface area contributed by atoms with Gasteiger partial charge in [-0.05, 0) is 17.9 Å². The average Bonchev–Trinajstić information content (AvgIpc) is 2.82. The molecule has 0 amide bonds. The second kappa shape index (κ2) is 5.57. The van der Waals surface area contributed by atoms with Crippen LogP contribution in [0.5, 0.6) is 0 Å². The zero-order chi connectivity index (χ0) is 17.3. The number of H-pyrrole nitrogens is 1. The minimum atomic E-state index is -0.0845. The van der Waals surface area contributed by atoms with Crippen LogP contribution < -0.4 is 0 Å². The van der Waals surface area contributed by atoms with Gasteiger partial charge in [-0.2, -0.15) is 0 Å². The fourth-order valence-electron chi connectivity index (χ4n) is 3.98. The summed E-state index contributed by atoms with van der Waals surface area (Å²) in [6.07, 6.45) is 1.44. The Balaban J connectivity index is 0.00000182. The lowest BCUT2D eigenvalue weighted by Crippen LogP contribution is -2.29. The zero-order valence-corrected chi connectivity index (χ0v) is 16.3. The first-order chi connectivity index (χ1) is 11.2. The third-order valence-electron chi connectivity index (χ3n) is 5.00. The number of halogens is 1. The van der Waals surface area contributed by atoms with Crippen LogP contribution >= 0.6 is 12.4 Å². The molecule has 0 radical (unpaired) electrons. The van der Waals surface area contributed by atoms with Crippen molar-refractivity contribution < 1.29 is 4.79 Å². The van der Waals surface area contributed by atoms with Crippen LogP contribution in [-0.2, 0) is 11.8 Å². The summed E-state index contributed by atoms with van der Waals surface area (Å²) >= 11 is 0. The minimum Gasteiger partial charge on any atom is -0.353 e. The number of nitrogens with zero attached hydrogens (tertiary/aromatic N) is 1. The molecule has 0 fully saturated rings. The summed E-state index contributed by atoms with van der Waals surface area (Å²) in [6.45, 7) is 10.9. The number of Topliss-reactive ketones (excluding diaryl/α,β-unsaturated/α-hetero) is 1. The number of benzene rings is 1. The number of aromatic nitrogens is 2. The van der Waals surface area contributed by atoms with E-state index in [1.165, 1.54) is 0 Å². The second-order valence-electron chi connectivity index (χ2n) is 8.89. The zero-order valence-electron chi connectivity index (χ0n) is 15.5. The van der Waals surface area contributed by atoms with Crippen LogP contribution in [0.1, 0.15) is 62.8 Å². The molecule has 1 N–H and O–H groups in total. The van der Waals surface area contributed by atoms with Gasteiger partial charge in [0.2, 0.25) is 0 Å². The average molecular weight is 357 g/mol. The Kier molecular flexibility index (Phi) is 3.99. The molecule has 132 valence electrons. The Morgan fingerprint density at radius 2 is 1.80 bits per heavy atom. The van der Waals surface area contributed by atoms with Gasteiger partial charge in [-0.25, -0.2) is 0 Å². The molecule has 25 heavy (non-hydrogen) atoms. The molecule has 2 heterocycles. The molecule has 0 saturated carbocycles. The first-order valence-corrected chi connectivity index (χ1v) is 8.64. The van der Waals surface area contributed by atoms with Gasteiger partial charge < -0.3 is 4.98 Å². The van der Waals surface area contributed by atoms with Crippen molar-refractivity contribution in [2.45, 2.75) is 52.9 Å². The number of carbonyl (C=O) groups excluding carboxylic acids is 1. The number of carbonyl (C=O) groups is 1. The standard InChI is InChI=1S/C21H24N2O.ClH/c1-20(2,3)19-18-16(12-8-6-7-9-13(12)22-18)17-14(23-19)10-21(4,5)11-15(17)24;/h6-9,22H,10-11H2,1-5H3;1H. The minimum absolute atomic E-state index is 0. The number of aromatic amines is 1. The summed E-state index contributed by atoms with van der Waals surface area (Å²) < 4.78 is 0. The summed E-state index contributed by atoms with van der Waals surface area (Å²) in [5, 5.41) is 2.20. The highest BCUT2D eigenvalue weighted by Crippen LogP contribution is 2.42. The van der Waals surface area contributed by atoms with Gasteiger partial charge in [0.05, 0.1) is 16.9 Å². The number of para-hydroxylation sites is 1. The van der Waals surface area contributed by atoms with Crippen molar-refractivity contribution in [2.75, 3.05) is 0 Å². The van der Waals surface area contributed by atoms with E-state index in [1.807, 2.05) is 12.1 Å². The number of nitrogens with one attached hydrogen (secondary N) is 1. The van der Waals surface area contributed by atoms with Crippen molar-refractivity contribution in [3.05, 3.63) is 41.2 Å². The van der Waals surface area contributed by atoms with Crippen LogP contribution in [0, 0.1) is 5.41 Å². The Morgan fingerprint density at radius 1 is 1.12 bits per heavy atom. The third-order valence-corrected chi connectivity index (χ3v) is 5.00. The van der Waals surface area contributed by atoms with E-state index in [1.54, 1.807) is 0 Å². The van der Waals surface area contributed by atoms with E-state index in [0.29, 0.717) is 6.42 Å². The Hall–Kier alpha value is -1.87. The molecule has 4 rings (SSSR count). The normalized spacial score (nSPS) is 16.8. The first kappa shape index (κ1) is 17.9. The fraction of sp³-hybridized carbons (Fsp3) is 0.429. The molecule has 3 aromatic rings. The molecule has 0 aliphatic heterocycles. The Labute approximate surface area is 154 Å². The number of hydrogen-bond acceptors (Lipinski definition) is 2. The van der Waals surface area contributed by atoms with Crippen molar-refractivity contribution in [3.8, 4) is 0 Å². The van der Waals surface area contributed by atoms with Gasteiger partial charge in [-0.3, -0.25) is 9.78 Å². The maximum Gasteiger partial charge on any atom is 0.165 e. The van der Waals surface area contributed by atoms with Gasteiger partial charge in [0.25, 0.3) is 0 Å². The number of rotatable bonds is 0. The summed E-state index contributed by atoms with van der Waals surface area (Å²) in [7, 11) is 0. The van der Waals surface area contributed by atoms with Crippen LogP contribution in [0.4, 0.5) is 0 Å². The van der Waals surface area contributed by atoms with E-state index >= 15 is 0 Å². The van der Waals surface area contributed by atoms with Gasteiger partial charge in [0, 0.05) is 33.7 Å². The van der Waals surface area contributed by atoms with Crippen molar-refractivity contribution in [2.24, 2.45) is 5.41 Å². The topological polar surface area (TPSA) is 45.8 Å². The molecule has 0 spiro atoms. The lowest BCUT2D eigenvalue weighted by molar-refractivity contribution is 0.0912. The maximum atomic E-state index is 13.0. The number of hydrogen-bond donors (Lipinski definition) is 1. The molecule has 1 aliphatic rings. The Bertz CT molecular complexity index is 992. The molecular weight excluding hydrogens is 332 g/mol. The van der Waals surface area contributed by atoms with Crippen LogP contribution in [0.25, 0.3) is 21.8 Å². The van der Waals surface area contributed by atoms with E-state index < -0.39 is 0 Å². The first-order valence-electron chi connectivity index (χ1n) is 8.64. The summed E-state index contributed by atoms with van der Waals surface area (Å²) in [5.41, 5.74) is 4.86. The molecule has 4 heteroatoms. The van der Waals surface area contributed by atoms with Gasteiger partial charge >= 0.3 is 0 Å². The van der Waals surface area contributed by atoms with Crippen LogP contribution in [0.15, 0.2) is 24.3 Å². The molecule has 0 saturated heterocycles. The molecular formula is C21H25ClN2O. The summed E-state index contributed by atoms with van der Waals surface area (Å²) in [4.78, 5) is 21.5. The highest BCUT2D eigenvalue weighted by Gasteiger charge is 2.36. The quantitative estimate of drug-likeness (QED) is 0.570. The fourth-order valence-corrected chi connectivity index (χ4v) is 3.98. The third kappa shape index (κ3) is 2.75. The molecule has 0 atom stereocenters. The molecule has 3 nitrogen and oxygen atoms in total. The van der Waals surface area contributed by atoms with E-state index in [9.17, 15) is 4.79 Å². The molecule has 1 aliphatic carbocycles. The summed E-state index contributed by atoms with van der Waals surface area (Å²) in [6, 6.07) is 8.25. The molecule has 2 aromatic heterocycles. The monoisotopic (exact) mass is 356 g/mol. The predicted octanol–water partition coefficient (Wildman–Crippen LogP) is 5.59. The highest BCUT2D eigenvalue weighted by atomic mass is 35.5. The van der Waals surface area contributed by atoms with Gasteiger partial charge in [0.1, 0.15) is 0 Å². The maximum absolute atomic E-state index is 13.0. The number of fused-ring (bicyclic) bond motifs is 5. The highest BCUT2D eigenvalue weighted by molar-refractivity contribution is 6.19. The predicted molar refractivity (Wildman–Crippen MR) is 106 cm³/mol. The van der Waals surface area contributed by atoms with E-state index in [4.69, 9.17) is 4.98 Å². The van der Waals surface area contributed by atoms with E-state index in [2.05, 4.69) is 51.7 Å². The number of pyridine rings is 1. The van der Waals surface area contributed by atoms with Crippen molar-refractivity contribution in [3.63, 3.8) is 0 Å². The lowest BCUT2D eigenvalue weighted by Gasteiger charge is -2.31. The van der Waals surface area contributed by atoms with Gasteiger partial charge in [-0.15, -0.1) is 12.4 Å². The van der Waals surface area contributed by atoms with Crippen LogP contribution in [-0.4, -0.2) is 15.8 Å². The van der Waals surface area contributed by atoms with Crippen LogP contribution in [0.2, 0.25) is 0 Å². The number of ketones is 1. The van der Waals surface area contributed by atoms with Gasteiger partial charge in [0.15, 0.2) is 5.78 Å². The van der Waals surface area contributed by atoms with Gasteiger partial charge in [-0.1, -0.05) is 52.8 Å².